The van der Waals surface area contributed by atoms with Crippen molar-refractivity contribution in [3.05, 3.63) is 41.5 Å². The van der Waals surface area contributed by atoms with Gasteiger partial charge in [-0.1, -0.05) is 29.8 Å². The van der Waals surface area contributed by atoms with Crippen molar-refractivity contribution in [1.82, 2.24) is 14.9 Å². The van der Waals surface area contributed by atoms with Gasteiger partial charge in [-0.3, -0.25) is 4.79 Å². The second kappa shape index (κ2) is 7.85. The van der Waals surface area contributed by atoms with E-state index < -0.39 is 0 Å². The summed E-state index contributed by atoms with van der Waals surface area (Å²) in [4.78, 5) is 23.9. The highest BCUT2D eigenvalue weighted by atomic mass is 32.1. The Morgan fingerprint density at radius 3 is 2.64 bits per heavy atom. The zero-order chi connectivity index (χ0) is 19.7. The van der Waals surface area contributed by atoms with Gasteiger partial charge in [0.2, 0.25) is 5.88 Å². The van der Waals surface area contributed by atoms with Gasteiger partial charge in [0, 0.05) is 24.0 Å². The van der Waals surface area contributed by atoms with Crippen LogP contribution in [0.1, 0.15) is 19.4 Å². The molecule has 3 heterocycles. The molecular weight excluding hydrogens is 374 g/mol. The Balaban J connectivity index is 1.56. The monoisotopic (exact) mass is 397 g/mol. The number of amides is 1. The van der Waals surface area contributed by atoms with Crippen molar-refractivity contribution in [2.75, 3.05) is 19.7 Å². The zero-order valence-corrected chi connectivity index (χ0v) is 17.0. The van der Waals surface area contributed by atoms with Gasteiger partial charge in [-0.05, 0) is 26.3 Å². The number of hydrogen-bond acceptors (Lipinski definition) is 6. The van der Waals surface area contributed by atoms with Crippen molar-refractivity contribution in [3.63, 3.8) is 0 Å². The summed E-state index contributed by atoms with van der Waals surface area (Å²) >= 11 is 1.55. The largest absolute Gasteiger partial charge is 0.467 e. The smallest absolute Gasteiger partial charge is 0.260 e. The van der Waals surface area contributed by atoms with Crippen LogP contribution in [0.4, 0.5) is 0 Å². The minimum absolute atomic E-state index is 0.0310. The van der Waals surface area contributed by atoms with Crippen molar-refractivity contribution in [3.8, 4) is 17.0 Å². The lowest BCUT2D eigenvalue weighted by Gasteiger charge is -2.35. The molecule has 6 nitrogen and oxygen atoms in total. The van der Waals surface area contributed by atoms with Crippen LogP contribution in [0.25, 0.3) is 21.3 Å². The summed E-state index contributed by atoms with van der Waals surface area (Å²) in [7, 11) is 0. The standard InChI is InChI=1S/C21H23N3O3S/c1-13-4-6-16(7-5-13)17-11-28-21-19(17)20(22-12-23-21)26-10-18(25)24-8-14(2)27-15(3)9-24/h4-7,11-12,14-15H,8-10H2,1-3H3/t14-,15+. The number of thiophene rings is 1. The number of hydrogen-bond donors (Lipinski definition) is 0. The van der Waals surface area contributed by atoms with Gasteiger partial charge in [0.15, 0.2) is 6.61 Å². The maximum Gasteiger partial charge on any atom is 0.260 e. The lowest BCUT2D eigenvalue weighted by molar-refractivity contribution is -0.145. The Morgan fingerprint density at radius 1 is 1.21 bits per heavy atom. The summed E-state index contributed by atoms with van der Waals surface area (Å²) in [6.45, 7) is 7.13. The Hall–Kier alpha value is -2.51. The molecule has 7 heteroatoms. The second-order valence-electron chi connectivity index (χ2n) is 7.22. The fraction of sp³-hybridized carbons (Fsp3) is 0.381. The molecule has 0 bridgehead atoms. The molecule has 0 N–H and O–H groups in total. The topological polar surface area (TPSA) is 64.6 Å². The van der Waals surface area contributed by atoms with Crippen LogP contribution in [0.3, 0.4) is 0 Å². The van der Waals surface area contributed by atoms with Crippen LogP contribution in [0, 0.1) is 6.92 Å². The SMILES string of the molecule is Cc1ccc(-c2csc3ncnc(OCC(=O)N4C[C@@H](C)O[C@@H](C)C4)c23)cc1. The van der Waals surface area contributed by atoms with Crippen molar-refractivity contribution in [2.24, 2.45) is 0 Å². The van der Waals surface area contributed by atoms with Crippen LogP contribution in [0.2, 0.25) is 0 Å². The van der Waals surface area contributed by atoms with E-state index in [9.17, 15) is 4.79 Å². The van der Waals surface area contributed by atoms with Crippen LogP contribution in [-0.4, -0.2) is 52.7 Å². The Kier molecular flexibility index (Phi) is 5.28. The third-order valence-electron chi connectivity index (χ3n) is 4.80. The quantitative estimate of drug-likeness (QED) is 0.672. The van der Waals surface area contributed by atoms with Crippen molar-refractivity contribution in [1.29, 1.82) is 0 Å². The number of aryl methyl sites for hydroxylation is 1. The lowest BCUT2D eigenvalue weighted by Crippen LogP contribution is -2.49. The molecule has 1 aliphatic rings. The van der Waals surface area contributed by atoms with Crippen molar-refractivity contribution < 1.29 is 14.3 Å². The molecule has 2 aromatic heterocycles. The second-order valence-corrected chi connectivity index (χ2v) is 8.08. The van der Waals surface area contributed by atoms with E-state index in [2.05, 4.69) is 46.5 Å². The average molecular weight is 398 g/mol. The first kappa shape index (κ1) is 18.8. The van der Waals surface area contributed by atoms with Crippen LogP contribution in [-0.2, 0) is 9.53 Å². The van der Waals surface area contributed by atoms with E-state index >= 15 is 0 Å². The molecule has 0 spiro atoms. The summed E-state index contributed by atoms with van der Waals surface area (Å²) in [5.74, 6) is 0.394. The van der Waals surface area contributed by atoms with Gasteiger partial charge in [0.05, 0.1) is 17.6 Å². The number of rotatable bonds is 4. The van der Waals surface area contributed by atoms with E-state index in [-0.39, 0.29) is 24.7 Å². The zero-order valence-electron chi connectivity index (χ0n) is 16.2. The first-order valence-corrected chi connectivity index (χ1v) is 10.2. The number of carbonyl (C=O) groups is 1. The van der Waals surface area contributed by atoms with Crippen molar-refractivity contribution >= 4 is 27.5 Å². The molecule has 4 rings (SSSR count). The number of ether oxygens (including phenoxy) is 2. The van der Waals surface area contributed by atoms with E-state index in [1.165, 1.54) is 11.9 Å². The summed E-state index contributed by atoms with van der Waals surface area (Å²) in [6.07, 6.45) is 1.54. The van der Waals surface area contributed by atoms with E-state index in [0.717, 1.165) is 21.3 Å². The maximum atomic E-state index is 12.6. The molecule has 0 saturated carbocycles. The normalized spacial score (nSPS) is 19.8. The highest BCUT2D eigenvalue weighted by Crippen LogP contribution is 2.37. The minimum atomic E-state index is -0.0547. The van der Waals surface area contributed by atoms with E-state index in [1.807, 2.05) is 13.8 Å². The highest BCUT2D eigenvalue weighted by molar-refractivity contribution is 7.17. The molecule has 1 amide bonds. The third kappa shape index (κ3) is 3.86. The van der Waals surface area contributed by atoms with E-state index in [4.69, 9.17) is 9.47 Å². The lowest BCUT2D eigenvalue weighted by atomic mass is 10.0. The summed E-state index contributed by atoms with van der Waals surface area (Å²) in [6, 6.07) is 8.31. The van der Waals surface area contributed by atoms with Gasteiger partial charge in [0.25, 0.3) is 5.91 Å². The average Bonchev–Trinajstić information content (AvgIpc) is 3.10. The minimum Gasteiger partial charge on any atom is -0.467 e. The molecule has 1 fully saturated rings. The fourth-order valence-electron chi connectivity index (χ4n) is 3.51. The molecule has 146 valence electrons. The number of fused-ring (bicyclic) bond motifs is 1. The molecular formula is C21H23N3O3S. The van der Waals surface area contributed by atoms with Gasteiger partial charge in [-0.25, -0.2) is 9.97 Å². The number of nitrogens with zero attached hydrogens (tertiary/aromatic N) is 3. The molecule has 0 unspecified atom stereocenters. The Bertz CT molecular complexity index is 976. The first-order valence-electron chi connectivity index (χ1n) is 9.36. The summed E-state index contributed by atoms with van der Waals surface area (Å²) in [5, 5.41) is 2.91. The van der Waals surface area contributed by atoms with E-state index in [1.54, 1.807) is 16.2 Å². The third-order valence-corrected chi connectivity index (χ3v) is 5.69. The molecule has 3 aromatic rings. The summed E-state index contributed by atoms with van der Waals surface area (Å²) in [5.41, 5.74) is 3.31. The first-order chi connectivity index (χ1) is 13.5. The Morgan fingerprint density at radius 2 is 1.93 bits per heavy atom. The van der Waals surface area contributed by atoms with Crippen molar-refractivity contribution in [2.45, 2.75) is 33.0 Å². The van der Waals surface area contributed by atoms with Crippen LogP contribution in [0.5, 0.6) is 5.88 Å². The van der Waals surface area contributed by atoms with Gasteiger partial charge >= 0.3 is 0 Å². The predicted molar refractivity (Wildman–Crippen MR) is 110 cm³/mol. The number of aromatic nitrogens is 2. The van der Waals surface area contributed by atoms with Crippen LogP contribution >= 0.6 is 11.3 Å². The molecule has 0 radical (unpaired) electrons. The van der Waals surface area contributed by atoms with Gasteiger partial charge < -0.3 is 14.4 Å². The summed E-state index contributed by atoms with van der Waals surface area (Å²) < 4.78 is 11.6. The predicted octanol–water partition coefficient (Wildman–Crippen LogP) is 3.68. The maximum absolute atomic E-state index is 12.6. The number of carbonyl (C=O) groups excluding carboxylic acids is 1. The molecule has 0 aliphatic carbocycles. The van der Waals surface area contributed by atoms with Gasteiger partial charge in [-0.15, -0.1) is 11.3 Å². The van der Waals surface area contributed by atoms with Crippen LogP contribution in [0.15, 0.2) is 36.0 Å². The van der Waals surface area contributed by atoms with E-state index in [0.29, 0.717) is 19.0 Å². The molecule has 1 aliphatic heterocycles. The molecule has 28 heavy (non-hydrogen) atoms. The molecule has 2 atom stereocenters. The molecule has 1 aromatic carbocycles. The number of benzene rings is 1. The number of morpholine rings is 1. The highest BCUT2D eigenvalue weighted by Gasteiger charge is 2.26. The molecule has 1 saturated heterocycles. The Labute approximate surface area is 168 Å². The van der Waals surface area contributed by atoms with Crippen LogP contribution < -0.4 is 4.74 Å². The fourth-order valence-corrected chi connectivity index (χ4v) is 4.41. The van der Waals surface area contributed by atoms with Gasteiger partial charge in [0.1, 0.15) is 11.2 Å². The van der Waals surface area contributed by atoms with Gasteiger partial charge in [-0.2, -0.15) is 0 Å².